The number of ketones is 5. The monoisotopic (exact) mass is 1390 g/mol. The molecule has 0 spiro atoms. The molecule has 101 heavy (non-hydrogen) atoms. The predicted molar refractivity (Wildman–Crippen MR) is 383 cm³/mol. The van der Waals surface area contributed by atoms with Crippen molar-refractivity contribution >= 4 is 81.6 Å². The Bertz CT molecular complexity index is 3690. The van der Waals surface area contributed by atoms with E-state index < -0.39 is 12.0 Å². The molecular weight excluding hydrogens is 1290 g/mol. The van der Waals surface area contributed by atoms with E-state index in [1.807, 2.05) is 74.8 Å². The van der Waals surface area contributed by atoms with Gasteiger partial charge in [-0.05, 0) is 122 Å². The van der Waals surface area contributed by atoms with Crippen molar-refractivity contribution in [2.45, 2.75) is 148 Å². The van der Waals surface area contributed by atoms with Gasteiger partial charge in [-0.3, -0.25) is 48.3 Å². The molecule has 9 rings (SSSR count). The van der Waals surface area contributed by atoms with Crippen molar-refractivity contribution < 1.29 is 81.0 Å². The van der Waals surface area contributed by atoms with Crippen LogP contribution < -0.4 is 29.0 Å². The first-order chi connectivity index (χ1) is 49.0. The maximum absolute atomic E-state index is 14.2. The van der Waals surface area contributed by atoms with Crippen LogP contribution in [-0.4, -0.2) is 174 Å². The number of rotatable bonds is 45. The molecular formula is C79H97N5O17. The predicted octanol–water partition coefficient (Wildman–Crippen LogP) is 12.0. The minimum atomic E-state index is -0.676. The Morgan fingerprint density at radius 3 is 1.53 bits per heavy atom. The van der Waals surface area contributed by atoms with E-state index in [0.717, 1.165) is 52.8 Å². The summed E-state index contributed by atoms with van der Waals surface area (Å²) in [6.45, 7) is 9.56. The Morgan fingerprint density at radius 2 is 1.01 bits per heavy atom. The zero-order valence-corrected chi connectivity index (χ0v) is 59.2. The van der Waals surface area contributed by atoms with E-state index in [4.69, 9.17) is 52.6 Å². The van der Waals surface area contributed by atoms with Crippen molar-refractivity contribution in [3.05, 3.63) is 125 Å². The highest BCUT2D eigenvalue weighted by molar-refractivity contribution is 6.18. The standard InChI is InChI=1S/C79H97N5O17/c1-52(2)64(18-12-16-62(86)31-35-97-37-39-99-41-40-98-38-36-96-32-11-7-8-14-61(85)15-9-10-17-65-71(88)29-30-72(65)89)77(90)82-53(3)70(87)28-21-54-19-22-55(23-20-54)57-42-59-48-80-68-46-75(73(94-5)44-66(68)78(91)83(59)50-57)100-33-13-34-101-76-47-69-67(45-74(76)95-6)79(92)84-51-58(43-60(84)49-81-69)56-24-26-63(93-4)27-25-56/h19-20,22-27,29-30,44-53,59-60,64-65H,7-18,21,28,31-43H2,1-6H3,(H,82,90)/t53-,59-,60-,64?/m0/s1. The van der Waals surface area contributed by atoms with E-state index in [9.17, 15) is 38.4 Å². The molecule has 0 aromatic heterocycles. The third-order valence-electron chi connectivity index (χ3n) is 18.8. The van der Waals surface area contributed by atoms with Gasteiger partial charge in [-0.1, -0.05) is 63.1 Å². The lowest BCUT2D eigenvalue weighted by Gasteiger charge is -2.22. The maximum atomic E-state index is 14.2. The van der Waals surface area contributed by atoms with Crippen LogP contribution in [0.2, 0.25) is 0 Å². The van der Waals surface area contributed by atoms with Gasteiger partial charge in [0.2, 0.25) is 5.91 Å². The Kier molecular flexibility index (Phi) is 29.2. The van der Waals surface area contributed by atoms with Gasteiger partial charge in [0.05, 0.1) is 127 Å². The minimum absolute atomic E-state index is 0.0134. The van der Waals surface area contributed by atoms with Gasteiger partial charge >= 0.3 is 0 Å². The van der Waals surface area contributed by atoms with Crippen molar-refractivity contribution in [1.82, 2.24) is 15.1 Å². The summed E-state index contributed by atoms with van der Waals surface area (Å²) in [7, 11) is 4.68. The molecule has 5 aliphatic rings. The van der Waals surface area contributed by atoms with E-state index in [1.54, 1.807) is 60.5 Å². The molecule has 4 aromatic rings. The molecule has 1 aliphatic carbocycles. The van der Waals surface area contributed by atoms with Crippen LogP contribution in [-0.2, 0) is 54.1 Å². The van der Waals surface area contributed by atoms with Crippen molar-refractivity contribution in [3.8, 4) is 28.7 Å². The average Bonchev–Trinajstić information content (AvgIpc) is 1.69. The number of allylic oxidation sites excluding steroid dienone is 2. The molecule has 0 fully saturated rings. The highest BCUT2D eigenvalue weighted by atomic mass is 16.6. The maximum Gasteiger partial charge on any atom is 0.260 e. The zero-order valence-electron chi connectivity index (χ0n) is 59.2. The average molecular weight is 1390 g/mol. The van der Waals surface area contributed by atoms with Gasteiger partial charge in [-0.2, -0.15) is 0 Å². The molecule has 4 aromatic carbocycles. The lowest BCUT2D eigenvalue weighted by atomic mass is 9.88. The SMILES string of the molecule is COc1ccc(C2=CN3C(=O)c4cc(OC)c(OCCCOc5cc6c(cc5OC)C(=O)N5C=C(c7ccc(CCC(=O)[C@H](C)NC(=O)C(CCCC(=O)CCOCCOCCOCCOCCCCCC(=O)CCCCC8C(=O)C=CC8=O)C(C)C)cc7)C[C@H]5C=N6)cc4N=C[C@@H]3C2)cc1. The summed E-state index contributed by atoms with van der Waals surface area (Å²) < 4.78 is 51.5. The number of methoxy groups -OCH3 is 3. The summed E-state index contributed by atoms with van der Waals surface area (Å²) in [5, 5.41) is 2.94. The molecule has 22 heteroatoms. The number of carbonyl (C=O) groups is 8. The fraction of sp³-hybridized carbons (Fsp3) is 0.494. The second-order valence-electron chi connectivity index (χ2n) is 26.3. The van der Waals surface area contributed by atoms with E-state index in [-0.39, 0.29) is 103 Å². The Morgan fingerprint density at radius 1 is 0.515 bits per heavy atom. The normalized spacial score (nSPS) is 16.7. The van der Waals surface area contributed by atoms with Crippen molar-refractivity contribution in [3.63, 3.8) is 0 Å². The third-order valence-corrected chi connectivity index (χ3v) is 18.8. The summed E-state index contributed by atoms with van der Waals surface area (Å²) in [4.78, 5) is 116. The first-order valence-corrected chi connectivity index (χ1v) is 35.5. The molecule has 4 atom stereocenters. The highest BCUT2D eigenvalue weighted by Gasteiger charge is 2.36. The summed E-state index contributed by atoms with van der Waals surface area (Å²) >= 11 is 0. The lowest BCUT2D eigenvalue weighted by molar-refractivity contribution is -0.131. The largest absolute Gasteiger partial charge is 0.497 e. The zero-order chi connectivity index (χ0) is 71.6. The molecule has 1 N–H and O–H groups in total. The van der Waals surface area contributed by atoms with Crippen molar-refractivity contribution in [2.24, 2.45) is 27.7 Å². The molecule has 0 saturated carbocycles. The fourth-order valence-corrected chi connectivity index (χ4v) is 12.8. The first-order valence-electron chi connectivity index (χ1n) is 35.5. The topological polar surface area (TPSA) is 263 Å². The second kappa shape index (κ2) is 38.7. The summed E-state index contributed by atoms with van der Waals surface area (Å²) in [6, 6.07) is 21.3. The number of ether oxygens (including phenoxy) is 9. The Labute approximate surface area is 592 Å². The lowest BCUT2D eigenvalue weighted by Crippen LogP contribution is -2.43. The van der Waals surface area contributed by atoms with Gasteiger partial charge in [0.1, 0.15) is 17.3 Å². The molecule has 3 amide bonds. The molecule has 0 bridgehead atoms. The number of nitrogens with one attached hydrogen (secondary N) is 1. The fourth-order valence-electron chi connectivity index (χ4n) is 12.8. The number of amides is 3. The van der Waals surface area contributed by atoms with Crippen LogP contribution in [0.4, 0.5) is 11.4 Å². The van der Waals surface area contributed by atoms with Crippen LogP contribution in [0.15, 0.2) is 107 Å². The number of nitrogens with zero attached hydrogens (tertiary/aromatic N) is 4. The quantitative estimate of drug-likeness (QED) is 0.0318. The molecule has 4 heterocycles. The first kappa shape index (κ1) is 76.2. The van der Waals surface area contributed by atoms with E-state index in [2.05, 4.69) is 5.32 Å². The van der Waals surface area contributed by atoms with E-state index >= 15 is 0 Å². The molecule has 0 saturated heterocycles. The van der Waals surface area contributed by atoms with Crippen LogP contribution >= 0.6 is 0 Å². The van der Waals surface area contributed by atoms with Gasteiger partial charge in [0.25, 0.3) is 11.8 Å². The minimum Gasteiger partial charge on any atom is -0.497 e. The van der Waals surface area contributed by atoms with Crippen LogP contribution in [0.5, 0.6) is 28.7 Å². The van der Waals surface area contributed by atoms with Crippen molar-refractivity contribution in [1.29, 1.82) is 0 Å². The van der Waals surface area contributed by atoms with Crippen LogP contribution in [0.3, 0.4) is 0 Å². The van der Waals surface area contributed by atoms with Gasteiger partial charge in [0, 0.05) is 101 Å². The van der Waals surface area contributed by atoms with Crippen LogP contribution in [0.25, 0.3) is 11.1 Å². The molecule has 540 valence electrons. The molecule has 4 aliphatic heterocycles. The highest BCUT2D eigenvalue weighted by Crippen LogP contribution is 2.42. The number of aryl methyl sites for hydroxylation is 1. The van der Waals surface area contributed by atoms with Gasteiger partial charge < -0.3 is 57.7 Å². The smallest absolute Gasteiger partial charge is 0.260 e. The van der Waals surface area contributed by atoms with Crippen LogP contribution in [0, 0.1) is 17.8 Å². The van der Waals surface area contributed by atoms with Gasteiger partial charge in [-0.25, -0.2) is 0 Å². The number of Topliss-reactive ketones (excluding diaryl/α,β-unsaturated/α-hetero) is 3. The van der Waals surface area contributed by atoms with Gasteiger partial charge in [-0.15, -0.1) is 0 Å². The molecule has 0 radical (unpaired) electrons. The molecule has 22 nitrogen and oxygen atoms in total. The third kappa shape index (κ3) is 21.8. The Hall–Kier alpha value is -8.96. The summed E-state index contributed by atoms with van der Waals surface area (Å²) in [6.07, 6.45) is 19.6. The Balaban J connectivity index is 0.605. The van der Waals surface area contributed by atoms with Crippen LogP contribution in [0.1, 0.15) is 161 Å². The number of hydrogen-bond donors (Lipinski definition) is 1. The number of fused-ring (bicyclic) bond motifs is 4. The number of carbonyl (C=O) groups excluding carboxylic acids is 8. The second-order valence-corrected chi connectivity index (χ2v) is 26.3. The number of unbranched alkanes of at least 4 members (excludes halogenated alkanes) is 3. The van der Waals surface area contributed by atoms with Crippen molar-refractivity contribution in [2.75, 3.05) is 87.4 Å². The summed E-state index contributed by atoms with van der Waals surface area (Å²) in [5.41, 5.74) is 6.66. The van der Waals surface area contributed by atoms with E-state index in [0.29, 0.717) is 169 Å². The number of aliphatic imine (C=N–C) groups is 2. The number of benzene rings is 4. The summed E-state index contributed by atoms with van der Waals surface area (Å²) in [5.74, 6) is 0.910. The van der Waals surface area contributed by atoms with E-state index in [1.165, 1.54) is 26.4 Å². The molecule has 1 unspecified atom stereocenters. The van der Waals surface area contributed by atoms with Gasteiger partial charge in [0.15, 0.2) is 40.3 Å². The number of hydrogen-bond acceptors (Lipinski definition) is 19.